The fourth-order valence-electron chi connectivity index (χ4n) is 4.01. The Bertz CT molecular complexity index is 1100. The van der Waals surface area contributed by atoms with E-state index in [0.717, 1.165) is 6.42 Å². The molecule has 5 rings (SSSR count). The first kappa shape index (κ1) is 12.0. The van der Waals surface area contributed by atoms with E-state index in [1.807, 2.05) is 0 Å². The molecule has 5 aromatic carbocycles. The Labute approximate surface area is 129 Å². The van der Waals surface area contributed by atoms with E-state index < -0.39 is 0 Å². The Morgan fingerprint density at radius 2 is 1.09 bits per heavy atom. The van der Waals surface area contributed by atoms with Gasteiger partial charge in [0, 0.05) is 0 Å². The second-order valence-corrected chi connectivity index (χ2v) is 6.06. The topological polar surface area (TPSA) is 0 Å². The molecule has 0 atom stereocenters. The Morgan fingerprint density at radius 1 is 0.545 bits per heavy atom. The summed E-state index contributed by atoms with van der Waals surface area (Å²) in [5, 5.41) is 11.1. The number of aryl methyl sites for hydroxylation is 1. The lowest BCUT2D eigenvalue weighted by molar-refractivity contribution is 1.16. The second-order valence-electron chi connectivity index (χ2n) is 6.06. The molecule has 0 heteroatoms. The first-order chi connectivity index (χ1) is 10.9. The summed E-state index contributed by atoms with van der Waals surface area (Å²) in [6, 6.07) is 24.7. The van der Waals surface area contributed by atoms with Gasteiger partial charge < -0.3 is 0 Å². The van der Waals surface area contributed by atoms with Crippen LogP contribution in [0.5, 0.6) is 0 Å². The summed E-state index contributed by atoms with van der Waals surface area (Å²) in [7, 11) is 0. The molecule has 0 aliphatic rings. The molecule has 0 saturated carbocycles. The number of rotatable bonds is 1. The van der Waals surface area contributed by atoms with Gasteiger partial charge in [0.25, 0.3) is 0 Å². The molecule has 22 heavy (non-hydrogen) atoms. The zero-order chi connectivity index (χ0) is 14.7. The molecule has 0 unspecified atom stereocenters. The molecule has 0 N–H and O–H groups in total. The zero-order valence-electron chi connectivity index (χ0n) is 12.6. The minimum absolute atomic E-state index is 1.08. The van der Waals surface area contributed by atoms with Crippen LogP contribution in [0.2, 0.25) is 0 Å². The van der Waals surface area contributed by atoms with Crippen molar-refractivity contribution in [3.05, 3.63) is 72.3 Å². The van der Waals surface area contributed by atoms with Crippen molar-refractivity contribution >= 4 is 43.1 Å². The van der Waals surface area contributed by atoms with Crippen LogP contribution in [0, 0.1) is 0 Å². The van der Waals surface area contributed by atoms with Crippen LogP contribution in [0.3, 0.4) is 0 Å². The van der Waals surface area contributed by atoms with E-state index >= 15 is 0 Å². The molecule has 0 amide bonds. The molecule has 0 bridgehead atoms. The van der Waals surface area contributed by atoms with Gasteiger partial charge in [-0.1, -0.05) is 73.7 Å². The lowest BCUT2D eigenvalue weighted by atomic mass is 9.88. The number of hydrogen-bond donors (Lipinski definition) is 0. The maximum Gasteiger partial charge on any atom is -0.00236 e. The van der Waals surface area contributed by atoms with Crippen LogP contribution >= 0.6 is 0 Å². The Hall–Kier alpha value is -2.60. The van der Waals surface area contributed by atoms with Crippen LogP contribution in [-0.2, 0) is 6.42 Å². The lowest BCUT2D eigenvalue weighted by Gasteiger charge is -2.15. The van der Waals surface area contributed by atoms with Crippen LogP contribution in [0.25, 0.3) is 43.1 Å². The van der Waals surface area contributed by atoms with E-state index in [1.54, 1.807) is 0 Å². The molecule has 104 valence electrons. The van der Waals surface area contributed by atoms with Crippen LogP contribution in [0.1, 0.15) is 12.5 Å². The van der Waals surface area contributed by atoms with E-state index in [9.17, 15) is 0 Å². The third kappa shape index (κ3) is 1.37. The summed E-state index contributed by atoms with van der Waals surface area (Å²) in [6.07, 6.45) is 1.08. The first-order valence-electron chi connectivity index (χ1n) is 7.95. The van der Waals surface area contributed by atoms with Crippen LogP contribution in [0.4, 0.5) is 0 Å². The van der Waals surface area contributed by atoms with Crippen LogP contribution < -0.4 is 0 Å². The Balaban J connectivity index is 2.23. The summed E-state index contributed by atoms with van der Waals surface area (Å²) in [5.74, 6) is 0. The van der Waals surface area contributed by atoms with Gasteiger partial charge in [0.15, 0.2) is 0 Å². The van der Waals surface area contributed by atoms with Crippen molar-refractivity contribution in [2.75, 3.05) is 0 Å². The molecule has 0 aliphatic heterocycles. The van der Waals surface area contributed by atoms with E-state index in [4.69, 9.17) is 0 Å². The molecular formula is C22H16. The average molecular weight is 280 g/mol. The van der Waals surface area contributed by atoms with E-state index in [-0.39, 0.29) is 0 Å². The summed E-state index contributed by atoms with van der Waals surface area (Å²) >= 11 is 0. The SMILES string of the molecule is CCc1ccc2c3cccc4cccc(c5cccc1c52)c43. The summed E-state index contributed by atoms with van der Waals surface area (Å²) in [4.78, 5) is 0. The van der Waals surface area contributed by atoms with Gasteiger partial charge in [0.1, 0.15) is 0 Å². The maximum atomic E-state index is 2.31. The van der Waals surface area contributed by atoms with Crippen LogP contribution in [-0.4, -0.2) is 0 Å². The van der Waals surface area contributed by atoms with Gasteiger partial charge in [0.05, 0.1) is 0 Å². The van der Waals surface area contributed by atoms with Gasteiger partial charge in [-0.25, -0.2) is 0 Å². The highest BCUT2D eigenvalue weighted by molar-refractivity contribution is 6.33. The number of fused-ring (bicyclic) bond motifs is 2. The Kier molecular flexibility index (Phi) is 2.29. The molecule has 0 heterocycles. The third-order valence-corrected chi connectivity index (χ3v) is 5.00. The van der Waals surface area contributed by atoms with E-state index in [2.05, 4.69) is 73.7 Å². The molecule has 0 nitrogen and oxygen atoms in total. The van der Waals surface area contributed by atoms with Crippen molar-refractivity contribution in [2.45, 2.75) is 13.3 Å². The second kappa shape index (κ2) is 4.20. The molecule has 0 fully saturated rings. The molecular weight excluding hydrogens is 264 g/mol. The van der Waals surface area contributed by atoms with E-state index in [1.165, 1.54) is 48.7 Å². The normalized spacial score (nSPS) is 12.0. The quantitative estimate of drug-likeness (QED) is 0.250. The zero-order valence-corrected chi connectivity index (χ0v) is 12.6. The monoisotopic (exact) mass is 280 g/mol. The summed E-state index contributed by atoms with van der Waals surface area (Å²) in [6.45, 7) is 2.24. The van der Waals surface area contributed by atoms with Gasteiger partial charge in [-0.3, -0.25) is 0 Å². The fraction of sp³-hybridized carbons (Fsp3) is 0.0909. The predicted octanol–water partition coefficient (Wildman–Crippen LogP) is 6.30. The third-order valence-electron chi connectivity index (χ3n) is 5.00. The standard InChI is InChI=1S/C22H16/c1-2-14-12-13-20-18-10-4-7-15-6-3-9-17(21(15)18)19-11-5-8-16(14)22(19)20/h3-13H,2H2,1H3. The minimum atomic E-state index is 1.08. The van der Waals surface area contributed by atoms with Crippen molar-refractivity contribution in [3.63, 3.8) is 0 Å². The Morgan fingerprint density at radius 3 is 1.77 bits per heavy atom. The van der Waals surface area contributed by atoms with Crippen molar-refractivity contribution in [1.29, 1.82) is 0 Å². The first-order valence-corrected chi connectivity index (χ1v) is 7.95. The smallest absolute Gasteiger partial charge is 0.00236 e. The highest BCUT2D eigenvalue weighted by Crippen LogP contribution is 2.40. The molecule has 0 radical (unpaired) electrons. The predicted molar refractivity (Wildman–Crippen MR) is 97.0 cm³/mol. The number of benzene rings is 5. The minimum Gasteiger partial charge on any atom is -0.0613 e. The number of hydrogen-bond acceptors (Lipinski definition) is 0. The van der Waals surface area contributed by atoms with Crippen molar-refractivity contribution < 1.29 is 0 Å². The van der Waals surface area contributed by atoms with Gasteiger partial charge in [-0.2, -0.15) is 0 Å². The van der Waals surface area contributed by atoms with Gasteiger partial charge >= 0.3 is 0 Å². The van der Waals surface area contributed by atoms with Crippen molar-refractivity contribution in [3.8, 4) is 0 Å². The molecule has 0 saturated heterocycles. The fourth-order valence-corrected chi connectivity index (χ4v) is 4.01. The van der Waals surface area contributed by atoms with Crippen molar-refractivity contribution in [2.24, 2.45) is 0 Å². The van der Waals surface area contributed by atoms with Gasteiger partial charge in [0.2, 0.25) is 0 Å². The highest BCUT2D eigenvalue weighted by Gasteiger charge is 2.13. The lowest BCUT2D eigenvalue weighted by Crippen LogP contribution is -1.89. The molecule has 0 spiro atoms. The van der Waals surface area contributed by atoms with Crippen molar-refractivity contribution in [1.82, 2.24) is 0 Å². The van der Waals surface area contributed by atoms with Crippen LogP contribution in [0.15, 0.2) is 66.7 Å². The highest BCUT2D eigenvalue weighted by atomic mass is 14.2. The average Bonchev–Trinajstić information content (AvgIpc) is 2.59. The maximum absolute atomic E-state index is 2.31. The largest absolute Gasteiger partial charge is 0.0613 e. The summed E-state index contributed by atoms with van der Waals surface area (Å²) < 4.78 is 0. The molecule has 5 aromatic rings. The van der Waals surface area contributed by atoms with Gasteiger partial charge in [-0.05, 0) is 55.1 Å². The van der Waals surface area contributed by atoms with Gasteiger partial charge in [-0.15, -0.1) is 0 Å². The molecule has 0 aliphatic carbocycles. The van der Waals surface area contributed by atoms with E-state index in [0.29, 0.717) is 0 Å². The summed E-state index contributed by atoms with van der Waals surface area (Å²) in [5.41, 5.74) is 1.44. The molecule has 0 aromatic heterocycles.